The van der Waals surface area contributed by atoms with E-state index in [2.05, 4.69) is 40.0 Å². The van der Waals surface area contributed by atoms with Gasteiger partial charge in [-0.3, -0.25) is 4.79 Å². The molecule has 1 aromatic heterocycles. The topological polar surface area (TPSA) is 59.2 Å². The summed E-state index contributed by atoms with van der Waals surface area (Å²) >= 11 is 10.3. The highest BCUT2D eigenvalue weighted by atomic mass is 79.9. The van der Waals surface area contributed by atoms with E-state index < -0.39 is 0 Å². The molecule has 2 aromatic rings. The van der Waals surface area contributed by atoms with Crippen LogP contribution in [-0.4, -0.2) is 31.4 Å². The summed E-state index contributed by atoms with van der Waals surface area (Å²) in [4.78, 5) is 15.4. The fourth-order valence-electron chi connectivity index (χ4n) is 6.73. The van der Waals surface area contributed by atoms with Gasteiger partial charge in [0.15, 0.2) is 0 Å². The van der Waals surface area contributed by atoms with Gasteiger partial charge in [-0.2, -0.15) is 0 Å². The van der Waals surface area contributed by atoms with Crippen molar-refractivity contribution in [1.82, 2.24) is 15.1 Å². The van der Waals surface area contributed by atoms with Crippen molar-refractivity contribution < 1.29 is 9.21 Å². The van der Waals surface area contributed by atoms with Crippen molar-refractivity contribution in [2.75, 3.05) is 0 Å². The van der Waals surface area contributed by atoms with Gasteiger partial charge in [0.1, 0.15) is 0 Å². The lowest BCUT2D eigenvalue weighted by molar-refractivity contribution is -0.141. The molecule has 0 radical (unpaired) electrons. The third kappa shape index (κ3) is 4.18. The van der Waals surface area contributed by atoms with Crippen molar-refractivity contribution in [1.29, 1.82) is 0 Å². The van der Waals surface area contributed by atoms with Gasteiger partial charge in [0.05, 0.1) is 17.1 Å². The van der Waals surface area contributed by atoms with Crippen LogP contribution in [-0.2, 0) is 11.3 Å². The number of amides is 1. The average Bonchev–Trinajstić information content (AvgIpc) is 3.12. The molecule has 166 valence electrons. The van der Waals surface area contributed by atoms with Crippen LogP contribution in [0.3, 0.4) is 0 Å². The Bertz CT molecular complexity index is 977. The molecule has 4 saturated carbocycles. The van der Waals surface area contributed by atoms with Gasteiger partial charge in [-0.05, 0) is 81.8 Å². The minimum Gasteiger partial charge on any atom is -0.419 e. The minimum atomic E-state index is 0.0648. The van der Waals surface area contributed by atoms with Crippen LogP contribution in [0.5, 0.6) is 0 Å². The van der Waals surface area contributed by atoms with E-state index in [1.165, 1.54) is 32.1 Å². The molecule has 0 saturated heterocycles. The molecule has 4 aliphatic carbocycles. The van der Waals surface area contributed by atoms with E-state index in [1.54, 1.807) is 6.07 Å². The number of aromatic nitrogens is 2. The highest BCUT2D eigenvalue weighted by molar-refractivity contribution is 9.10. The first-order valence-electron chi connectivity index (χ1n) is 11.3. The van der Waals surface area contributed by atoms with Crippen molar-refractivity contribution in [3.05, 3.63) is 35.2 Å². The zero-order chi connectivity index (χ0) is 21.8. The molecular weight excluding hydrogens is 478 g/mol. The van der Waals surface area contributed by atoms with Crippen molar-refractivity contribution in [3.63, 3.8) is 0 Å². The van der Waals surface area contributed by atoms with Gasteiger partial charge in [-0.25, -0.2) is 0 Å². The molecular formula is C24H29BrClN3O2. The number of halogens is 2. The summed E-state index contributed by atoms with van der Waals surface area (Å²) in [6.07, 6.45) is 8.06. The maximum Gasteiger partial charge on any atom is 0.249 e. The third-order valence-electron chi connectivity index (χ3n) is 7.46. The van der Waals surface area contributed by atoms with E-state index in [4.69, 9.17) is 16.0 Å². The summed E-state index contributed by atoms with van der Waals surface area (Å²) in [6.45, 7) is 4.43. The summed E-state index contributed by atoms with van der Waals surface area (Å²) in [6, 6.07) is 7.47. The van der Waals surface area contributed by atoms with E-state index in [9.17, 15) is 4.79 Å². The van der Waals surface area contributed by atoms with Crippen molar-refractivity contribution >= 4 is 33.4 Å². The van der Waals surface area contributed by atoms with Crippen molar-refractivity contribution in [2.45, 2.75) is 75.7 Å². The van der Waals surface area contributed by atoms with E-state index in [-0.39, 0.29) is 21.7 Å². The van der Waals surface area contributed by atoms with Gasteiger partial charge in [0.25, 0.3) is 0 Å². The van der Waals surface area contributed by atoms with Crippen LogP contribution in [0.25, 0.3) is 11.5 Å². The smallest absolute Gasteiger partial charge is 0.249 e. The predicted molar refractivity (Wildman–Crippen MR) is 124 cm³/mol. The fraction of sp³-hybridized carbons (Fsp3) is 0.625. The summed E-state index contributed by atoms with van der Waals surface area (Å²) in [5, 5.41) is 8.93. The Morgan fingerprint density at radius 3 is 2.58 bits per heavy atom. The number of rotatable bonds is 6. The Kier molecular flexibility index (Phi) is 5.45. The molecule has 4 bridgehead atoms. The molecule has 0 spiro atoms. The maximum atomic E-state index is 13.5. The molecule has 31 heavy (non-hydrogen) atoms. The summed E-state index contributed by atoms with van der Waals surface area (Å²) in [5.74, 6) is 2.58. The van der Waals surface area contributed by atoms with Crippen molar-refractivity contribution in [3.8, 4) is 11.5 Å². The van der Waals surface area contributed by atoms with Crippen LogP contribution in [0, 0.1) is 17.3 Å². The molecule has 5 nitrogen and oxygen atoms in total. The molecule has 6 rings (SSSR count). The Morgan fingerprint density at radius 2 is 1.94 bits per heavy atom. The first-order valence-corrected chi connectivity index (χ1v) is 12.5. The normalized spacial score (nSPS) is 31.4. The van der Waals surface area contributed by atoms with Gasteiger partial charge >= 0.3 is 0 Å². The van der Waals surface area contributed by atoms with E-state index in [1.807, 2.05) is 23.1 Å². The lowest BCUT2D eigenvalue weighted by Gasteiger charge is -2.60. The number of alkyl halides is 1. The monoisotopic (exact) mass is 505 g/mol. The van der Waals surface area contributed by atoms with Crippen LogP contribution in [0.2, 0.25) is 5.02 Å². The Hall–Kier alpha value is -1.40. The minimum absolute atomic E-state index is 0.0648. The Labute approximate surface area is 197 Å². The highest BCUT2D eigenvalue weighted by Gasteiger charge is 2.57. The van der Waals surface area contributed by atoms with Crippen LogP contribution < -0.4 is 0 Å². The second-order valence-corrected chi connectivity index (χ2v) is 12.5. The second kappa shape index (κ2) is 7.87. The molecule has 1 heterocycles. The molecule has 4 fully saturated rings. The quantitative estimate of drug-likeness (QED) is 0.434. The molecule has 0 N–H and O–H groups in total. The Balaban J connectivity index is 1.32. The molecule has 0 aliphatic heterocycles. The Morgan fingerprint density at radius 1 is 1.23 bits per heavy atom. The van der Waals surface area contributed by atoms with Gasteiger partial charge < -0.3 is 9.32 Å². The fourth-order valence-corrected chi connectivity index (χ4v) is 8.46. The van der Waals surface area contributed by atoms with Gasteiger partial charge in [0.2, 0.25) is 17.7 Å². The van der Waals surface area contributed by atoms with Crippen LogP contribution in [0.15, 0.2) is 28.7 Å². The number of carbonyl (C=O) groups excluding carboxylic acids is 1. The van der Waals surface area contributed by atoms with Gasteiger partial charge in [0, 0.05) is 16.8 Å². The van der Waals surface area contributed by atoms with E-state index in [0.29, 0.717) is 35.3 Å². The standard InChI is InChI=1S/C24H29BrClN3O2/c1-15(2)29(13-20-27-28-22(31-20)18-5-3-4-6-19(18)26)21(30)12-23-8-16-7-17(9-23)11-24(25,10-16)14-23/h3-6,15-17H,7-14H2,1-2H3/t16-,17-,23?,24?/m1/s1. The lowest BCUT2D eigenvalue weighted by Crippen LogP contribution is -2.54. The zero-order valence-corrected chi connectivity index (χ0v) is 20.5. The SMILES string of the molecule is CC(C)N(Cc1nnc(-c2ccccc2Cl)o1)C(=O)CC12C[C@H]3C[C@@H](CC(Br)(C3)C1)C2. The maximum absolute atomic E-state index is 13.5. The van der Waals surface area contributed by atoms with Gasteiger partial charge in [-0.15, -0.1) is 10.2 Å². The molecule has 4 aliphatic rings. The highest BCUT2D eigenvalue weighted by Crippen LogP contribution is 2.65. The van der Waals surface area contributed by atoms with Crippen LogP contribution >= 0.6 is 27.5 Å². The summed E-state index contributed by atoms with van der Waals surface area (Å²) < 4.78 is 6.14. The van der Waals surface area contributed by atoms with E-state index in [0.717, 1.165) is 18.3 Å². The van der Waals surface area contributed by atoms with Crippen LogP contribution in [0.1, 0.15) is 64.7 Å². The van der Waals surface area contributed by atoms with Crippen molar-refractivity contribution in [2.24, 2.45) is 17.3 Å². The number of carbonyl (C=O) groups is 1. The number of hydrogen-bond donors (Lipinski definition) is 0. The molecule has 0 unspecified atom stereocenters. The van der Waals surface area contributed by atoms with E-state index >= 15 is 0 Å². The predicted octanol–water partition coefficient (Wildman–Crippen LogP) is 6.25. The van der Waals surface area contributed by atoms with Gasteiger partial charge in [-0.1, -0.05) is 39.7 Å². The molecule has 7 heteroatoms. The number of nitrogens with zero attached hydrogens (tertiary/aromatic N) is 3. The number of hydrogen-bond acceptors (Lipinski definition) is 4. The largest absolute Gasteiger partial charge is 0.419 e. The summed E-state index contributed by atoms with van der Waals surface area (Å²) in [5.41, 5.74) is 0.858. The molecule has 1 aromatic carbocycles. The average molecular weight is 507 g/mol. The first-order chi connectivity index (χ1) is 14.7. The summed E-state index contributed by atoms with van der Waals surface area (Å²) in [7, 11) is 0. The lowest BCUT2D eigenvalue weighted by atomic mass is 9.48. The first kappa shape index (κ1) is 21.4. The third-order valence-corrected chi connectivity index (χ3v) is 8.71. The number of benzene rings is 1. The van der Waals surface area contributed by atoms with Crippen LogP contribution in [0.4, 0.5) is 0 Å². The second-order valence-electron chi connectivity index (χ2n) is 10.4. The molecule has 2 atom stereocenters. The zero-order valence-electron chi connectivity index (χ0n) is 18.1. The molecule has 1 amide bonds.